The number of rotatable bonds is 2. The Morgan fingerprint density at radius 3 is 2.76 bits per heavy atom. The van der Waals surface area contributed by atoms with Crippen LogP contribution in [0.3, 0.4) is 0 Å². The summed E-state index contributed by atoms with van der Waals surface area (Å²) in [5.74, 6) is 0.847. The van der Waals surface area contributed by atoms with Gasteiger partial charge in [-0.25, -0.2) is 4.98 Å². The van der Waals surface area contributed by atoms with Gasteiger partial charge in [-0.1, -0.05) is 24.3 Å². The quantitative estimate of drug-likeness (QED) is 0.673. The number of aromatic amines is 1. The molecule has 0 unspecified atom stereocenters. The summed E-state index contributed by atoms with van der Waals surface area (Å²) in [5, 5.41) is 0. The van der Waals surface area contributed by atoms with E-state index in [4.69, 9.17) is 11.8 Å². The molecule has 84 valence electrons. The third kappa shape index (κ3) is 1.85. The molecule has 0 bridgehead atoms. The lowest BCUT2D eigenvalue weighted by Crippen LogP contribution is -1.83. The van der Waals surface area contributed by atoms with Crippen molar-refractivity contribution in [2.24, 2.45) is 0 Å². The maximum atomic E-state index is 5.58. The molecule has 0 spiro atoms. The first-order valence-electron chi connectivity index (χ1n) is 5.28. The van der Waals surface area contributed by atoms with Gasteiger partial charge in [-0.05, 0) is 24.3 Å². The van der Waals surface area contributed by atoms with Gasteiger partial charge in [0.1, 0.15) is 5.82 Å². The Kier molecular flexibility index (Phi) is 2.46. The Labute approximate surface area is 104 Å². The highest BCUT2D eigenvalue weighted by Gasteiger charge is 2.04. The van der Waals surface area contributed by atoms with Gasteiger partial charge in [0, 0.05) is 23.0 Å². The van der Waals surface area contributed by atoms with Crippen LogP contribution in [0, 0.1) is 0 Å². The molecule has 17 heavy (non-hydrogen) atoms. The summed E-state index contributed by atoms with van der Waals surface area (Å²) in [6, 6.07) is 15.7. The Bertz CT molecular complexity index is 627. The van der Waals surface area contributed by atoms with Crippen LogP contribution in [-0.2, 0) is 0 Å². The summed E-state index contributed by atoms with van der Waals surface area (Å²) in [6.45, 7) is 0. The van der Waals surface area contributed by atoms with Crippen molar-refractivity contribution in [3.8, 4) is 11.4 Å². The van der Waals surface area contributed by atoms with Crippen molar-refractivity contribution < 1.29 is 0 Å². The maximum Gasteiger partial charge on any atom is 0.138 e. The highest BCUT2D eigenvalue weighted by atomic mass is 35.5. The third-order valence-corrected chi connectivity index (χ3v) is 2.85. The van der Waals surface area contributed by atoms with Crippen molar-refractivity contribution in [3.05, 3.63) is 48.5 Å². The Hall–Kier alpha value is -2.00. The second-order valence-electron chi connectivity index (χ2n) is 3.78. The molecule has 0 fully saturated rings. The number of hydrogen-bond donors (Lipinski definition) is 2. The molecule has 3 aromatic rings. The fourth-order valence-corrected chi connectivity index (χ4v) is 1.93. The topological polar surface area (TPSA) is 40.7 Å². The fourth-order valence-electron chi connectivity index (χ4n) is 1.81. The number of para-hydroxylation sites is 2. The smallest absolute Gasteiger partial charge is 0.138 e. The minimum Gasteiger partial charge on any atom is -0.338 e. The monoisotopic (exact) mass is 243 g/mol. The zero-order chi connectivity index (χ0) is 11.7. The third-order valence-electron chi connectivity index (χ3n) is 2.63. The van der Waals surface area contributed by atoms with E-state index in [0.29, 0.717) is 0 Å². The number of benzene rings is 2. The summed E-state index contributed by atoms with van der Waals surface area (Å²) in [4.78, 5) is 10.4. The average molecular weight is 244 g/mol. The second-order valence-corrected chi connectivity index (χ2v) is 3.97. The predicted molar refractivity (Wildman–Crippen MR) is 71.0 cm³/mol. The minimum atomic E-state index is 0.847. The van der Waals surface area contributed by atoms with Gasteiger partial charge in [0.05, 0.1) is 11.0 Å². The number of anilines is 1. The first-order chi connectivity index (χ1) is 8.36. The maximum absolute atomic E-state index is 5.58. The lowest BCUT2D eigenvalue weighted by atomic mass is 10.2. The molecular weight excluding hydrogens is 234 g/mol. The zero-order valence-corrected chi connectivity index (χ0v) is 9.70. The van der Waals surface area contributed by atoms with Gasteiger partial charge in [0.15, 0.2) is 0 Å². The van der Waals surface area contributed by atoms with E-state index < -0.39 is 0 Å². The van der Waals surface area contributed by atoms with Crippen molar-refractivity contribution >= 4 is 28.5 Å². The molecule has 2 aromatic carbocycles. The lowest BCUT2D eigenvalue weighted by Gasteiger charge is -2.00. The summed E-state index contributed by atoms with van der Waals surface area (Å²) < 4.78 is 0. The molecule has 0 radical (unpaired) electrons. The van der Waals surface area contributed by atoms with Gasteiger partial charge in [-0.15, -0.1) is 0 Å². The normalized spacial score (nSPS) is 10.6. The Morgan fingerprint density at radius 2 is 1.94 bits per heavy atom. The molecule has 0 aliphatic rings. The van der Waals surface area contributed by atoms with E-state index in [0.717, 1.165) is 28.1 Å². The highest BCUT2D eigenvalue weighted by Crippen LogP contribution is 2.23. The number of hydrogen-bond acceptors (Lipinski definition) is 2. The van der Waals surface area contributed by atoms with Crippen LogP contribution in [0.4, 0.5) is 5.69 Å². The van der Waals surface area contributed by atoms with Gasteiger partial charge >= 0.3 is 0 Å². The van der Waals surface area contributed by atoms with Gasteiger partial charge in [0.25, 0.3) is 0 Å². The molecule has 0 aliphatic carbocycles. The number of nitrogens with one attached hydrogen (secondary N) is 2. The second kappa shape index (κ2) is 4.11. The number of halogens is 1. The van der Waals surface area contributed by atoms with Gasteiger partial charge in [-0.2, -0.15) is 0 Å². The Balaban J connectivity index is 2.13. The molecule has 0 saturated carbocycles. The molecule has 0 saturated heterocycles. The van der Waals surface area contributed by atoms with E-state index >= 15 is 0 Å². The van der Waals surface area contributed by atoms with E-state index in [-0.39, 0.29) is 0 Å². The standard InChI is InChI=1S/C13H10ClN3/c14-17-10-5-3-4-9(8-10)13-15-11-6-1-2-7-12(11)16-13/h1-8,17H,(H,15,16). The summed E-state index contributed by atoms with van der Waals surface area (Å²) in [7, 11) is 0. The number of nitrogens with zero attached hydrogens (tertiary/aromatic N) is 1. The van der Waals surface area contributed by atoms with E-state index in [1.165, 1.54) is 0 Å². The van der Waals surface area contributed by atoms with E-state index in [1.54, 1.807) is 0 Å². The van der Waals surface area contributed by atoms with Crippen molar-refractivity contribution in [1.29, 1.82) is 0 Å². The van der Waals surface area contributed by atoms with Crippen LogP contribution in [0.5, 0.6) is 0 Å². The average Bonchev–Trinajstić information content (AvgIpc) is 2.82. The van der Waals surface area contributed by atoms with Crippen LogP contribution in [0.15, 0.2) is 48.5 Å². The summed E-state index contributed by atoms with van der Waals surface area (Å²) in [5.41, 5.74) is 3.86. The lowest BCUT2D eigenvalue weighted by molar-refractivity contribution is 1.34. The molecule has 2 N–H and O–H groups in total. The summed E-state index contributed by atoms with van der Waals surface area (Å²) in [6.07, 6.45) is 0. The van der Waals surface area contributed by atoms with E-state index in [2.05, 4.69) is 14.8 Å². The van der Waals surface area contributed by atoms with Crippen LogP contribution in [0.1, 0.15) is 0 Å². The van der Waals surface area contributed by atoms with Crippen molar-refractivity contribution in [1.82, 2.24) is 9.97 Å². The van der Waals surface area contributed by atoms with Crippen molar-refractivity contribution in [3.63, 3.8) is 0 Å². The SMILES string of the molecule is ClNc1cccc(-c2nc3ccccc3[nH]2)c1. The largest absolute Gasteiger partial charge is 0.338 e. The van der Waals surface area contributed by atoms with Gasteiger partial charge < -0.3 is 4.98 Å². The molecule has 4 heteroatoms. The van der Waals surface area contributed by atoms with E-state index in [1.807, 2.05) is 48.5 Å². The Morgan fingerprint density at radius 1 is 1.06 bits per heavy atom. The minimum absolute atomic E-state index is 0.847. The molecule has 1 aromatic heterocycles. The molecule has 3 nitrogen and oxygen atoms in total. The zero-order valence-electron chi connectivity index (χ0n) is 8.94. The van der Waals surface area contributed by atoms with E-state index in [9.17, 15) is 0 Å². The van der Waals surface area contributed by atoms with Crippen LogP contribution < -0.4 is 4.84 Å². The molecule has 3 rings (SSSR count). The first-order valence-corrected chi connectivity index (χ1v) is 5.66. The van der Waals surface area contributed by atoms with Gasteiger partial charge in [0.2, 0.25) is 0 Å². The van der Waals surface area contributed by atoms with Gasteiger partial charge in [-0.3, -0.25) is 4.84 Å². The highest BCUT2D eigenvalue weighted by molar-refractivity contribution is 6.24. The fraction of sp³-hybridized carbons (Fsp3) is 0. The number of H-pyrrole nitrogens is 1. The van der Waals surface area contributed by atoms with Crippen molar-refractivity contribution in [2.75, 3.05) is 4.84 Å². The molecule has 0 amide bonds. The van der Waals surface area contributed by atoms with Crippen LogP contribution in [0.25, 0.3) is 22.4 Å². The van der Waals surface area contributed by atoms with Crippen LogP contribution >= 0.6 is 11.8 Å². The number of aromatic nitrogens is 2. The first kappa shape index (κ1) is 10.2. The molecule has 1 heterocycles. The number of imidazole rings is 1. The van der Waals surface area contributed by atoms with Crippen molar-refractivity contribution in [2.45, 2.75) is 0 Å². The molecule has 0 aliphatic heterocycles. The molecular formula is C13H10ClN3. The molecule has 0 atom stereocenters. The summed E-state index contributed by atoms with van der Waals surface area (Å²) >= 11 is 5.58. The van der Waals surface area contributed by atoms with Crippen LogP contribution in [0.2, 0.25) is 0 Å². The number of fused-ring (bicyclic) bond motifs is 1. The predicted octanol–water partition coefficient (Wildman–Crippen LogP) is 3.80. The van der Waals surface area contributed by atoms with Crippen LogP contribution in [-0.4, -0.2) is 9.97 Å².